The van der Waals surface area contributed by atoms with E-state index in [4.69, 9.17) is 4.74 Å². The first-order valence-corrected chi connectivity index (χ1v) is 6.60. The van der Waals surface area contributed by atoms with E-state index in [1.54, 1.807) is 7.11 Å². The second-order valence-electron chi connectivity index (χ2n) is 4.59. The minimum absolute atomic E-state index is 0.0783. The number of hydrogen-bond acceptors (Lipinski definition) is 4. The highest BCUT2D eigenvalue weighted by atomic mass is 16.5. The average Bonchev–Trinajstić information content (AvgIpc) is 2.46. The molecule has 0 aliphatic carbocycles. The summed E-state index contributed by atoms with van der Waals surface area (Å²) in [6, 6.07) is 12.3. The second kappa shape index (κ2) is 9.51. The third kappa shape index (κ3) is 6.35. The molecule has 0 saturated carbocycles. The molecule has 4 heteroatoms. The normalized spacial score (nSPS) is 12.3. The van der Waals surface area contributed by atoms with E-state index in [-0.39, 0.29) is 5.92 Å². The summed E-state index contributed by atoms with van der Waals surface area (Å²) in [5.74, 6) is -0.0783. The Hall–Kier alpha value is -1.41. The molecule has 1 N–H and O–H groups in total. The predicted molar refractivity (Wildman–Crippen MR) is 77.0 cm³/mol. The molecule has 1 atom stereocenters. The molecule has 0 saturated heterocycles. The lowest BCUT2D eigenvalue weighted by Gasteiger charge is -2.17. The van der Waals surface area contributed by atoms with Crippen molar-refractivity contribution in [3.05, 3.63) is 35.9 Å². The zero-order valence-electron chi connectivity index (χ0n) is 11.8. The van der Waals surface area contributed by atoms with Gasteiger partial charge in [-0.3, -0.25) is 0 Å². The van der Waals surface area contributed by atoms with Crippen LogP contribution in [0.25, 0.3) is 0 Å². The first kappa shape index (κ1) is 15.6. The van der Waals surface area contributed by atoms with Crippen LogP contribution in [0.4, 0.5) is 0 Å². The summed E-state index contributed by atoms with van der Waals surface area (Å²) >= 11 is 0. The van der Waals surface area contributed by atoms with Gasteiger partial charge in [-0.15, -0.1) is 0 Å². The lowest BCUT2D eigenvalue weighted by molar-refractivity contribution is 0.161. The van der Waals surface area contributed by atoms with Crippen LogP contribution >= 0.6 is 0 Å². The van der Waals surface area contributed by atoms with Crippen molar-refractivity contribution < 1.29 is 4.74 Å². The lowest BCUT2D eigenvalue weighted by atomic mass is 10.0. The van der Waals surface area contributed by atoms with Gasteiger partial charge in [0, 0.05) is 33.3 Å². The van der Waals surface area contributed by atoms with Gasteiger partial charge in [-0.25, -0.2) is 0 Å². The molecule has 0 aromatic heterocycles. The molecule has 1 unspecified atom stereocenters. The van der Waals surface area contributed by atoms with Crippen LogP contribution < -0.4 is 5.32 Å². The van der Waals surface area contributed by atoms with Crippen LogP contribution in [0.1, 0.15) is 11.5 Å². The zero-order valence-corrected chi connectivity index (χ0v) is 11.8. The first-order chi connectivity index (χ1) is 9.27. The largest absolute Gasteiger partial charge is 0.383 e. The molecule has 4 nitrogen and oxygen atoms in total. The fraction of sp³-hybridized carbons (Fsp3) is 0.533. The van der Waals surface area contributed by atoms with Crippen LogP contribution in [0.15, 0.2) is 30.3 Å². The Kier molecular flexibility index (Phi) is 7.83. The van der Waals surface area contributed by atoms with Gasteiger partial charge in [-0.1, -0.05) is 30.3 Å². The quantitative estimate of drug-likeness (QED) is 0.684. The lowest BCUT2D eigenvalue weighted by Crippen LogP contribution is -2.33. The molecule has 1 aromatic carbocycles. The summed E-state index contributed by atoms with van der Waals surface area (Å²) in [7, 11) is 3.78. The molecule has 0 radical (unpaired) electrons. The molecule has 0 aliphatic heterocycles. The van der Waals surface area contributed by atoms with Crippen molar-refractivity contribution in [2.24, 2.45) is 0 Å². The molecule has 0 bridgehead atoms. The Morgan fingerprint density at radius 3 is 2.68 bits per heavy atom. The molecular weight excluding hydrogens is 238 g/mol. The number of nitriles is 1. The van der Waals surface area contributed by atoms with Crippen LogP contribution in [0.3, 0.4) is 0 Å². The van der Waals surface area contributed by atoms with Crippen molar-refractivity contribution in [1.29, 1.82) is 5.26 Å². The Labute approximate surface area is 116 Å². The van der Waals surface area contributed by atoms with Crippen LogP contribution in [0.2, 0.25) is 0 Å². The number of nitrogens with zero attached hydrogens (tertiary/aromatic N) is 2. The fourth-order valence-electron chi connectivity index (χ4n) is 1.80. The third-order valence-electron chi connectivity index (χ3n) is 3.05. The Balaban J connectivity index is 2.23. The number of benzene rings is 1. The van der Waals surface area contributed by atoms with Crippen molar-refractivity contribution in [2.45, 2.75) is 5.92 Å². The van der Waals surface area contributed by atoms with E-state index in [0.29, 0.717) is 6.54 Å². The number of nitrogens with one attached hydrogen (secondary N) is 1. The summed E-state index contributed by atoms with van der Waals surface area (Å²) in [5.41, 5.74) is 1.07. The number of hydrogen-bond donors (Lipinski definition) is 1. The van der Waals surface area contributed by atoms with E-state index >= 15 is 0 Å². The maximum absolute atomic E-state index is 9.19. The number of methoxy groups -OCH3 is 1. The number of likely N-dealkylation sites (N-methyl/N-ethyl adjacent to an activating group) is 1. The topological polar surface area (TPSA) is 48.3 Å². The minimum atomic E-state index is -0.0783. The van der Waals surface area contributed by atoms with Crippen molar-refractivity contribution in [1.82, 2.24) is 10.2 Å². The molecule has 0 spiro atoms. The second-order valence-corrected chi connectivity index (χ2v) is 4.59. The fourth-order valence-corrected chi connectivity index (χ4v) is 1.80. The van der Waals surface area contributed by atoms with E-state index in [1.165, 1.54) is 0 Å². The molecule has 104 valence electrons. The van der Waals surface area contributed by atoms with Gasteiger partial charge in [-0.2, -0.15) is 5.26 Å². The van der Waals surface area contributed by atoms with Gasteiger partial charge in [0.2, 0.25) is 0 Å². The summed E-state index contributed by atoms with van der Waals surface area (Å²) in [6.07, 6.45) is 0. The highest BCUT2D eigenvalue weighted by molar-refractivity contribution is 5.24. The number of rotatable bonds is 9. The van der Waals surface area contributed by atoms with Crippen molar-refractivity contribution in [3.8, 4) is 6.07 Å². The van der Waals surface area contributed by atoms with Crippen LogP contribution in [0.5, 0.6) is 0 Å². The molecule has 1 aromatic rings. The standard InChI is InChI=1S/C15H23N3O/c1-18(10-11-19-2)9-8-17-13-15(12-16)14-6-4-3-5-7-14/h3-7,15,17H,8-11,13H2,1-2H3. The summed E-state index contributed by atoms with van der Waals surface area (Å²) in [5, 5.41) is 12.5. The highest BCUT2D eigenvalue weighted by Gasteiger charge is 2.09. The van der Waals surface area contributed by atoms with Crippen molar-refractivity contribution >= 4 is 0 Å². The smallest absolute Gasteiger partial charge is 0.0837 e. The number of ether oxygens (including phenoxy) is 1. The maximum atomic E-state index is 9.19. The van der Waals surface area contributed by atoms with Gasteiger partial charge in [0.1, 0.15) is 0 Å². The molecule has 0 fully saturated rings. The highest BCUT2D eigenvalue weighted by Crippen LogP contribution is 2.12. The molecule has 1 rings (SSSR count). The summed E-state index contributed by atoms with van der Waals surface area (Å²) in [4.78, 5) is 2.21. The maximum Gasteiger partial charge on any atom is 0.0837 e. The van der Waals surface area contributed by atoms with Crippen molar-refractivity contribution in [3.63, 3.8) is 0 Å². The first-order valence-electron chi connectivity index (χ1n) is 6.60. The average molecular weight is 261 g/mol. The summed E-state index contributed by atoms with van der Waals surface area (Å²) < 4.78 is 5.03. The Morgan fingerprint density at radius 2 is 2.05 bits per heavy atom. The molecule has 19 heavy (non-hydrogen) atoms. The molecule has 0 aliphatic rings. The zero-order chi connectivity index (χ0) is 13.9. The van der Waals surface area contributed by atoms with Crippen LogP contribution in [0, 0.1) is 11.3 Å². The summed E-state index contributed by atoms with van der Waals surface area (Å²) in [6.45, 7) is 4.21. The van der Waals surface area contributed by atoms with Crippen molar-refractivity contribution in [2.75, 3.05) is 46.9 Å². The predicted octanol–water partition coefficient (Wildman–Crippen LogP) is 1.46. The van der Waals surface area contributed by atoms with Gasteiger partial charge in [0.05, 0.1) is 18.6 Å². The van der Waals surface area contributed by atoms with Gasteiger partial charge in [-0.05, 0) is 12.6 Å². The van der Waals surface area contributed by atoms with Gasteiger partial charge in [0.15, 0.2) is 0 Å². The molecular formula is C15H23N3O. The van der Waals surface area contributed by atoms with Gasteiger partial charge < -0.3 is 15.0 Å². The van der Waals surface area contributed by atoms with E-state index < -0.39 is 0 Å². The third-order valence-corrected chi connectivity index (χ3v) is 3.05. The SMILES string of the molecule is COCCN(C)CCNCC(C#N)c1ccccc1. The minimum Gasteiger partial charge on any atom is -0.383 e. The van der Waals surface area contributed by atoms with E-state index in [2.05, 4.69) is 23.3 Å². The molecule has 0 amide bonds. The van der Waals surface area contributed by atoms with Gasteiger partial charge >= 0.3 is 0 Å². The Morgan fingerprint density at radius 1 is 1.32 bits per heavy atom. The monoisotopic (exact) mass is 261 g/mol. The van der Waals surface area contributed by atoms with E-state index in [0.717, 1.165) is 31.8 Å². The van der Waals surface area contributed by atoms with Crippen LogP contribution in [-0.2, 0) is 4.74 Å². The Bertz CT molecular complexity index is 375. The van der Waals surface area contributed by atoms with E-state index in [9.17, 15) is 5.26 Å². The molecule has 0 heterocycles. The van der Waals surface area contributed by atoms with Crippen LogP contribution in [-0.4, -0.2) is 51.8 Å². The van der Waals surface area contributed by atoms with E-state index in [1.807, 2.05) is 30.3 Å². The van der Waals surface area contributed by atoms with Gasteiger partial charge in [0.25, 0.3) is 0 Å².